The second kappa shape index (κ2) is 3.94. The van der Waals surface area contributed by atoms with Gasteiger partial charge in [-0.2, -0.15) is 0 Å². The molecule has 0 saturated heterocycles. The van der Waals surface area contributed by atoms with Gasteiger partial charge >= 0.3 is 0 Å². The lowest BCUT2D eigenvalue weighted by molar-refractivity contribution is 0.228. The smallest absolute Gasteiger partial charge is 0.0394 e. The van der Waals surface area contributed by atoms with E-state index >= 15 is 0 Å². The van der Waals surface area contributed by atoms with Crippen LogP contribution in [0.4, 0.5) is 0 Å². The van der Waals surface area contributed by atoms with Crippen molar-refractivity contribution in [1.29, 1.82) is 0 Å². The molecule has 1 heterocycles. The van der Waals surface area contributed by atoms with Crippen LogP contribution < -0.4 is 0 Å². The van der Waals surface area contributed by atoms with Crippen LogP contribution in [0.1, 0.15) is 28.3 Å². The van der Waals surface area contributed by atoms with Crippen LogP contribution in [0.5, 0.6) is 0 Å². The predicted molar refractivity (Wildman–Crippen MR) is 79.4 cm³/mol. The Morgan fingerprint density at radius 2 is 1.84 bits per heavy atom. The number of fused-ring (bicyclic) bond motifs is 2. The zero-order chi connectivity index (χ0) is 13.0. The molecule has 0 amide bonds. The molecule has 2 aromatic rings. The first-order valence-electron chi connectivity index (χ1n) is 7.16. The summed E-state index contributed by atoms with van der Waals surface area (Å²) in [4.78, 5) is 2.52. The van der Waals surface area contributed by atoms with E-state index in [0.717, 1.165) is 6.42 Å². The highest BCUT2D eigenvalue weighted by molar-refractivity contribution is 5.78. The molecule has 0 N–H and O–H groups in total. The lowest BCUT2D eigenvalue weighted by atomic mass is 9.76. The Morgan fingerprint density at radius 1 is 1.05 bits per heavy atom. The van der Waals surface area contributed by atoms with Crippen LogP contribution in [0.2, 0.25) is 0 Å². The maximum atomic E-state index is 2.52. The van der Waals surface area contributed by atoms with Gasteiger partial charge < -0.3 is 0 Å². The molecule has 0 radical (unpaired) electrons. The van der Waals surface area contributed by atoms with Gasteiger partial charge in [0, 0.05) is 12.6 Å². The molecule has 0 fully saturated rings. The molecule has 4 rings (SSSR count). The summed E-state index contributed by atoms with van der Waals surface area (Å²) in [6, 6.07) is 14.2. The van der Waals surface area contributed by atoms with Crippen LogP contribution in [0, 0.1) is 6.92 Å². The lowest BCUT2D eigenvalue weighted by Crippen LogP contribution is -2.35. The largest absolute Gasteiger partial charge is 0.299 e. The van der Waals surface area contributed by atoms with Gasteiger partial charge in [0.25, 0.3) is 0 Å². The highest BCUT2D eigenvalue weighted by Gasteiger charge is 2.32. The molecule has 0 saturated carbocycles. The summed E-state index contributed by atoms with van der Waals surface area (Å²) in [5, 5.41) is 0. The van der Waals surface area contributed by atoms with Crippen molar-refractivity contribution in [1.82, 2.24) is 4.90 Å². The molecular weight excluding hydrogens is 230 g/mol. The summed E-state index contributed by atoms with van der Waals surface area (Å²) in [6.07, 6.45) is 2.36. The van der Waals surface area contributed by atoms with Crippen molar-refractivity contribution < 1.29 is 0 Å². The van der Waals surface area contributed by atoms with Crippen LogP contribution in [0.25, 0.3) is 11.1 Å². The number of nitrogens with zero attached hydrogens (tertiary/aromatic N) is 1. The van der Waals surface area contributed by atoms with Crippen LogP contribution in [0.15, 0.2) is 36.4 Å². The van der Waals surface area contributed by atoms with Gasteiger partial charge in [0.15, 0.2) is 0 Å². The minimum atomic E-state index is 0.578. The maximum absolute atomic E-state index is 2.52. The Hall–Kier alpha value is -1.60. The Balaban J connectivity index is 2.05. The van der Waals surface area contributed by atoms with Crippen LogP contribution in [-0.4, -0.2) is 18.5 Å². The van der Waals surface area contributed by atoms with Crippen molar-refractivity contribution in [3.05, 3.63) is 58.7 Å². The molecule has 0 unspecified atom stereocenters. The molecule has 1 nitrogen and oxygen atoms in total. The second-order valence-corrected chi connectivity index (χ2v) is 5.94. The third-order valence-corrected chi connectivity index (χ3v) is 4.84. The summed E-state index contributed by atoms with van der Waals surface area (Å²) in [6.45, 7) is 3.42. The van der Waals surface area contributed by atoms with Gasteiger partial charge in [-0.05, 0) is 60.2 Å². The molecule has 1 atom stereocenters. The normalized spacial score (nSPS) is 20.8. The van der Waals surface area contributed by atoms with E-state index in [4.69, 9.17) is 0 Å². The van der Waals surface area contributed by atoms with Gasteiger partial charge in [-0.25, -0.2) is 0 Å². The quantitative estimate of drug-likeness (QED) is 0.687. The fraction of sp³-hybridized carbons (Fsp3) is 0.333. The molecule has 2 aromatic carbocycles. The highest BCUT2D eigenvalue weighted by Crippen LogP contribution is 2.45. The van der Waals surface area contributed by atoms with Crippen molar-refractivity contribution in [2.24, 2.45) is 0 Å². The Morgan fingerprint density at radius 3 is 2.74 bits per heavy atom. The molecule has 19 heavy (non-hydrogen) atoms. The fourth-order valence-electron chi connectivity index (χ4n) is 3.87. The first-order chi connectivity index (χ1) is 9.25. The topological polar surface area (TPSA) is 3.24 Å². The van der Waals surface area contributed by atoms with Crippen molar-refractivity contribution in [3.8, 4) is 11.1 Å². The predicted octanol–water partition coefficient (Wildman–Crippen LogP) is 3.75. The zero-order valence-electron chi connectivity index (χ0n) is 11.6. The summed E-state index contributed by atoms with van der Waals surface area (Å²) in [5.74, 6) is 0. The third-order valence-electron chi connectivity index (χ3n) is 4.84. The average molecular weight is 249 g/mol. The number of rotatable bonds is 0. The molecule has 96 valence electrons. The minimum Gasteiger partial charge on any atom is -0.299 e. The van der Waals surface area contributed by atoms with E-state index in [0.29, 0.717) is 6.04 Å². The highest BCUT2D eigenvalue weighted by atomic mass is 15.1. The van der Waals surface area contributed by atoms with Crippen LogP contribution in [0.3, 0.4) is 0 Å². The zero-order valence-corrected chi connectivity index (χ0v) is 11.6. The Labute approximate surface area is 114 Å². The van der Waals surface area contributed by atoms with Gasteiger partial charge in [0.05, 0.1) is 0 Å². The Kier molecular flexibility index (Phi) is 2.33. The third kappa shape index (κ3) is 1.51. The van der Waals surface area contributed by atoms with Gasteiger partial charge in [-0.3, -0.25) is 4.90 Å². The SMILES string of the molecule is Cc1cccc2c1-c1cccc3c1[C@@H](C2)N(C)CC3. The molecular formula is C18H19N. The fourth-order valence-corrected chi connectivity index (χ4v) is 3.87. The minimum absolute atomic E-state index is 0.578. The molecule has 1 aliphatic carbocycles. The van der Waals surface area contributed by atoms with Crippen molar-refractivity contribution in [3.63, 3.8) is 0 Å². The summed E-state index contributed by atoms with van der Waals surface area (Å²) < 4.78 is 0. The molecule has 1 aliphatic heterocycles. The molecule has 0 spiro atoms. The molecule has 0 aromatic heterocycles. The number of aryl methyl sites for hydroxylation is 1. The second-order valence-electron chi connectivity index (χ2n) is 5.94. The average Bonchev–Trinajstić information content (AvgIpc) is 2.43. The van der Waals surface area contributed by atoms with Crippen molar-refractivity contribution in [2.75, 3.05) is 13.6 Å². The van der Waals surface area contributed by atoms with Gasteiger partial charge in [0.1, 0.15) is 0 Å². The van der Waals surface area contributed by atoms with E-state index in [1.54, 1.807) is 11.1 Å². The van der Waals surface area contributed by atoms with E-state index in [1.165, 1.54) is 35.2 Å². The molecule has 0 bridgehead atoms. The van der Waals surface area contributed by atoms with Gasteiger partial charge in [-0.15, -0.1) is 0 Å². The summed E-state index contributed by atoms with van der Waals surface area (Å²) in [5.41, 5.74) is 9.06. The molecule has 1 heteroatoms. The van der Waals surface area contributed by atoms with Crippen molar-refractivity contribution >= 4 is 0 Å². The van der Waals surface area contributed by atoms with E-state index < -0.39 is 0 Å². The van der Waals surface area contributed by atoms with E-state index in [-0.39, 0.29) is 0 Å². The van der Waals surface area contributed by atoms with E-state index in [9.17, 15) is 0 Å². The van der Waals surface area contributed by atoms with Gasteiger partial charge in [-0.1, -0.05) is 36.4 Å². The number of benzene rings is 2. The maximum Gasteiger partial charge on any atom is 0.0394 e. The van der Waals surface area contributed by atoms with Crippen LogP contribution >= 0.6 is 0 Å². The summed E-state index contributed by atoms with van der Waals surface area (Å²) >= 11 is 0. The van der Waals surface area contributed by atoms with Crippen LogP contribution in [-0.2, 0) is 12.8 Å². The van der Waals surface area contributed by atoms with Gasteiger partial charge in [0.2, 0.25) is 0 Å². The number of hydrogen-bond acceptors (Lipinski definition) is 1. The number of hydrogen-bond donors (Lipinski definition) is 0. The van der Waals surface area contributed by atoms with E-state index in [1.807, 2.05) is 0 Å². The first kappa shape index (κ1) is 11.2. The summed E-state index contributed by atoms with van der Waals surface area (Å²) in [7, 11) is 2.27. The van der Waals surface area contributed by atoms with E-state index in [2.05, 4.69) is 55.3 Å². The Bertz CT molecular complexity index is 657. The molecule has 2 aliphatic rings. The first-order valence-corrected chi connectivity index (χ1v) is 7.16. The standard InChI is InChI=1S/C18H19N/c1-12-5-3-7-14-11-16-18-13(9-10-19(16)2)6-4-8-15(18)17(12)14/h3-8,16H,9-11H2,1-2H3/t16-/m1/s1. The lowest BCUT2D eigenvalue weighted by Gasteiger charge is -2.40. The van der Waals surface area contributed by atoms with Crippen molar-refractivity contribution in [2.45, 2.75) is 25.8 Å². The monoisotopic (exact) mass is 249 g/mol. The number of likely N-dealkylation sites (N-methyl/N-ethyl adjacent to an activating group) is 1.